The Bertz CT molecular complexity index is 505. The summed E-state index contributed by atoms with van der Waals surface area (Å²) in [6.45, 7) is 3.54. The molecule has 0 saturated heterocycles. The number of hydrogen-bond acceptors (Lipinski definition) is 6. The molecule has 0 aliphatic heterocycles. The van der Waals surface area contributed by atoms with Crippen molar-refractivity contribution in [3.63, 3.8) is 0 Å². The predicted octanol–water partition coefficient (Wildman–Crippen LogP) is 2.02. The molecule has 0 spiro atoms. The maximum absolute atomic E-state index is 12.0. The fraction of sp³-hybridized carbons (Fsp3) is 0.385. The summed E-state index contributed by atoms with van der Waals surface area (Å²) in [5, 5.41) is 10.3. The Hall–Kier alpha value is -2.64. The summed E-state index contributed by atoms with van der Waals surface area (Å²) >= 11 is 0. The van der Waals surface area contributed by atoms with Gasteiger partial charge in [-0.3, -0.25) is 0 Å². The van der Waals surface area contributed by atoms with Gasteiger partial charge in [-0.2, -0.15) is 5.01 Å². The van der Waals surface area contributed by atoms with E-state index in [2.05, 4.69) is 5.43 Å². The van der Waals surface area contributed by atoms with Gasteiger partial charge in [0.05, 0.1) is 20.3 Å². The number of hydrazine groups is 1. The molecule has 116 valence electrons. The van der Waals surface area contributed by atoms with Crippen molar-refractivity contribution in [3.05, 3.63) is 18.2 Å². The maximum Gasteiger partial charge on any atom is 0.433 e. The summed E-state index contributed by atoms with van der Waals surface area (Å²) in [4.78, 5) is 23.5. The molecule has 21 heavy (non-hydrogen) atoms. The first-order valence-electron chi connectivity index (χ1n) is 6.30. The van der Waals surface area contributed by atoms with Crippen LogP contribution in [0.15, 0.2) is 18.2 Å². The van der Waals surface area contributed by atoms with Crippen LogP contribution < -0.4 is 15.2 Å². The van der Waals surface area contributed by atoms with E-state index in [1.807, 2.05) is 0 Å². The molecule has 0 atom stereocenters. The van der Waals surface area contributed by atoms with Crippen LogP contribution in [0.25, 0.3) is 0 Å². The van der Waals surface area contributed by atoms with Crippen LogP contribution >= 0.6 is 0 Å². The van der Waals surface area contributed by atoms with Gasteiger partial charge in [0.15, 0.2) is 0 Å². The van der Waals surface area contributed by atoms with Crippen LogP contribution in [-0.2, 0) is 9.47 Å². The molecule has 0 aliphatic rings. The molecule has 0 aromatic heterocycles. The van der Waals surface area contributed by atoms with Crippen LogP contribution in [0.5, 0.6) is 11.5 Å². The number of rotatable bonds is 4. The highest BCUT2D eigenvalue weighted by molar-refractivity contribution is 5.92. The molecule has 1 aromatic carbocycles. The van der Waals surface area contributed by atoms with Gasteiger partial charge in [0.2, 0.25) is 0 Å². The quantitative estimate of drug-likeness (QED) is 0.825. The van der Waals surface area contributed by atoms with Crippen molar-refractivity contribution in [1.82, 2.24) is 5.43 Å². The standard InChI is InChI=1S/C13H18N2O6/c1-4-20-12(17)14-15(13(18)21-5-2)10-7-6-9(16)8-11(10)19-3/h6-8,16H,4-5H2,1-3H3,(H,14,17). The lowest BCUT2D eigenvalue weighted by Gasteiger charge is -2.23. The van der Waals surface area contributed by atoms with Gasteiger partial charge in [-0.1, -0.05) is 0 Å². The van der Waals surface area contributed by atoms with E-state index in [1.165, 1.54) is 25.3 Å². The second-order valence-corrected chi connectivity index (χ2v) is 3.72. The fourth-order valence-electron chi connectivity index (χ4n) is 1.50. The smallest absolute Gasteiger partial charge is 0.433 e. The number of ether oxygens (including phenoxy) is 3. The molecule has 1 aromatic rings. The second-order valence-electron chi connectivity index (χ2n) is 3.72. The number of nitrogens with zero attached hydrogens (tertiary/aromatic N) is 1. The number of carbonyl (C=O) groups is 2. The highest BCUT2D eigenvalue weighted by Crippen LogP contribution is 2.31. The number of hydrogen-bond donors (Lipinski definition) is 2. The number of phenolic OH excluding ortho intramolecular Hbond substituents is 1. The minimum atomic E-state index is -0.819. The van der Waals surface area contributed by atoms with Crippen LogP contribution in [-0.4, -0.2) is 37.6 Å². The van der Waals surface area contributed by atoms with Gasteiger partial charge in [0.1, 0.15) is 17.2 Å². The third kappa shape index (κ3) is 4.44. The molecule has 0 saturated carbocycles. The van der Waals surface area contributed by atoms with Gasteiger partial charge in [0, 0.05) is 6.07 Å². The van der Waals surface area contributed by atoms with Crippen LogP contribution in [0, 0.1) is 0 Å². The van der Waals surface area contributed by atoms with E-state index < -0.39 is 12.2 Å². The van der Waals surface area contributed by atoms with Crippen LogP contribution in [0.1, 0.15) is 13.8 Å². The molecule has 0 bridgehead atoms. The van der Waals surface area contributed by atoms with Crippen molar-refractivity contribution in [2.45, 2.75) is 13.8 Å². The van der Waals surface area contributed by atoms with Crippen LogP contribution in [0.2, 0.25) is 0 Å². The Morgan fingerprint density at radius 2 is 1.90 bits per heavy atom. The minimum absolute atomic E-state index is 0.0458. The van der Waals surface area contributed by atoms with Crippen molar-refractivity contribution in [1.29, 1.82) is 0 Å². The van der Waals surface area contributed by atoms with E-state index in [9.17, 15) is 14.7 Å². The first-order chi connectivity index (χ1) is 10.0. The Balaban J connectivity index is 3.11. The SMILES string of the molecule is CCOC(=O)NN(C(=O)OCC)c1ccc(O)cc1OC. The third-order valence-electron chi connectivity index (χ3n) is 2.33. The molecule has 0 unspecified atom stereocenters. The average molecular weight is 298 g/mol. The van der Waals surface area contributed by atoms with Crippen molar-refractivity contribution < 1.29 is 28.9 Å². The highest BCUT2D eigenvalue weighted by atomic mass is 16.6. The number of amides is 2. The molecule has 0 heterocycles. The largest absolute Gasteiger partial charge is 0.508 e. The zero-order valence-corrected chi connectivity index (χ0v) is 12.1. The monoisotopic (exact) mass is 298 g/mol. The number of anilines is 1. The topological polar surface area (TPSA) is 97.3 Å². The molecule has 2 N–H and O–H groups in total. The summed E-state index contributed by atoms with van der Waals surface area (Å²) in [6.07, 6.45) is -1.63. The van der Waals surface area contributed by atoms with Gasteiger partial charge in [-0.05, 0) is 26.0 Å². The Labute approximate surface area is 122 Å². The Morgan fingerprint density at radius 1 is 1.24 bits per heavy atom. The molecule has 0 fully saturated rings. The van der Waals surface area contributed by atoms with E-state index in [4.69, 9.17) is 14.2 Å². The number of methoxy groups -OCH3 is 1. The molecule has 0 aliphatic carbocycles. The van der Waals surface area contributed by atoms with E-state index in [-0.39, 0.29) is 30.4 Å². The number of benzene rings is 1. The summed E-state index contributed by atoms with van der Waals surface area (Å²) in [5.41, 5.74) is 2.45. The first kappa shape index (κ1) is 16.4. The van der Waals surface area contributed by atoms with E-state index in [1.54, 1.807) is 13.8 Å². The lowest BCUT2D eigenvalue weighted by atomic mass is 10.2. The Morgan fingerprint density at radius 3 is 2.48 bits per heavy atom. The zero-order valence-electron chi connectivity index (χ0n) is 12.1. The average Bonchev–Trinajstić information content (AvgIpc) is 2.45. The van der Waals surface area contributed by atoms with Crippen molar-refractivity contribution in [2.75, 3.05) is 25.3 Å². The van der Waals surface area contributed by atoms with Crippen LogP contribution in [0.4, 0.5) is 15.3 Å². The number of phenols is 1. The van der Waals surface area contributed by atoms with E-state index in [0.29, 0.717) is 0 Å². The molecule has 1 rings (SSSR count). The van der Waals surface area contributed by atoms with Crippen molar-refractivity contribution >= 4 is 17.9 Å². The van der Waals surface area contributed by atoms with E-state index in [0.717, 1.165) is 5.01 Å². The lowest BCUT2D eigenvalue weighted by molar-refractivity contribution is 0.138. The van der Waals surface area contributed by atoms with Crippen LogP contribution in [0.3, 0.4) is 0 Å². The molecule has 8 heteroatoms. The number of nitrogens with one attached hydrogen (secondary N) is 1. The summed E-state index contributed by atoms with van der Waals surface area (Å²) in [5.74, 6) is 0.135. The van der Waals surface area contributed by atoms with Gasteiger partial charge in [-0.15, -0.1) is 0 Å². The summed E-state index contributed by atoms with van der Waals surface area (Å²) in [6, 6.07) is 4.04. The second kappa shape index (κ2) is 7.83. The minimum Gasteiger partial charge on any atom is -0.508 e. The molecule has 0 radical (unpaired) electrons. The normalized spacial score (nSPS) is 9.67. The Kier molecular flexibility index (Phi) is 6.12. The maximum atomic E-state index is 12.0. The molecule has 8 nitrogen and oxygen atoms in total. The van der Waals surface area contributed by atoms with E-state index >= 15 is 0 Å². The van der Waals surface area contributed by atoms with Gasteiger partial charge in [0.25, 0.3) is 0 Å². The third-order valence-corrected chi connectivity index (χ3v) is 2.33. The van der Waals surface area contributed by atoms with Crippen molar-refractivity contribution in [3.8, 4) is 11.5 Å². The lowest BCUT2D eigenvalue weighted by Crippen LogP contribution is -2.47. The number of aromatic hydroxyl groups is 1. The predicted molar refractivity (Wildman–Crippen MR) is 74.3 cm³/mol. The van der Waals surface area contributed by atoms with Crippen molar-refractivity contribution in [2.24, 2.45) is 0 Å². The number of carbonyl (C=O) groups excluding carboxylic acids is 2. The zero-order chi connectivity index (χ0) is 15.8. The van der Waals surface area contributed by atoms with Gasteiger partial charge in [-0.25, -0.2) is 15.0 Å². The molecular weight excluding hydrogens is 280 g/mol. The molecule has 2 amide bonds. The highest BCUT2D eigenvalue weighted by Gasteiger charge is 2.23. The van der Waals surface area contributed by atoms with Gasteiger partial charge < -0.3 is 19.3 Å². The summed E-state index contributed by atoms with van der Waals surface area (Å²) in [7, 11) is 1.37. The molecular formula is C13H18N2O6. The first-order valence-corrected chi connectivity index (χ1v) is 6.30. The summed E-state index contributed by atoms with van der Waals surface area (Å²) < 4.78 is 14.7. The fourth-order valence-corrected chi connectivity index (χ4v) is 1.50. The van der Waals surface area contributed by atoms with Gasteiger partial charge >= 0.3 is 12.2 Å².